The fourth-order valence-electron chi connectivity index (χ4n) is 2.66. The predicted octanol–water partition coefficient (Wildman–Crippen LogP) is 5.20. The van der Waals surface area contributed by atoms with Crippen molar-refractivity contribution in [3.8, 4) is 15.5 Å². The molecule has 6 nitrogen and oxygen atoms in total. The Morgan fingerprint density at radius 3 is 2.29 bits per heavy atom. The minimum atomic E-state index is -3.92. The van der Waals surface area contributed by atoms with Crippen LogP contribution in [0.4, 0.5) is 10.5 Å². The van der Waals surface area contributed by atoms with Gasteiger partial charge in [-0.25, -0.2) is 13.2 Å². The summed E-state index contributed by atoms with van der Waals surface area (Å²) in [7, 11) is -3.92. The molecule has 0 saturated heterocycles. The lowest BCUT2D eigenvalue weighted by atomic mass is 10.1. The molecule has 0 amide bonds. The maximum absolute atomic E-state index is 12.9. The van der Waals surface area contributed by atoms with Crippen molar-refractivity contribution in [2.45, 2.75) is 25.7 Å². The predicted molar refractivity (Wildman–Crippen MR) is 110 cm³/mol. The van der Waals surface area contributed by atoms with Crippen LogP contribution in [0.3, 0.4) is 0 Å². The van der Waals surface area contributed by atoms with E-state index in [0.717, 1.165) is 28.0 Å². The highest BCUT2D eigenvalue weighted by molar-refractivity contribution is 7.92. The van der Waals surface area contributed by atoms with Crippen LogP contribution in [0.5, 0.6) is 5.06 Å². The first kappa shape index (κ1) is 19.9. The largest absolute Gasteiger partial charge is 0.512 e. The van der Waals surface area contributed by atoms with Crippen LogP contribution in [0.1, 0.15) is 16.7 Å². The molecular formula is C20H19NO5S2. The Hall–Kier alpha value is -2.84. The number of sulfonamides is 1. The molecule has 0 saturated carbocycles. The van der Waals surface area contributed by atoms with Gasteiger partial charge < -0.3 is 9.84 Å². The molecule has 0 atom stereocenters. The molecule has 2 aromatic carbocycles. The van der Waals surface area contributed by atoms with Gasteiger partial charge >= 0.3 is 6.16 Å². The number of thiophene rings is 1. The van der Waals surface area contributed by atoms with Crippen LogP contribution in [0.15, 0.2) is 53.4 Å². The number of ether oxygens (including phenoxy) is 1. The standard InChI is InChI=1S/C20H19NO5S2/c1-12-5-8-15(9-6-12)17-11-16(19(27-17)26-20(22)23)21-28(24,25)18-10-13(2)4-7-14(18)3/h4-11,21H,1-3H3,(H,22,23). The van der Waals surface area contributed by atoms with E-state index in [-0.39, 0.29) is 15.6 Å². The molecule has 3 rings (SSSR count). The Kier molecular flexibility index (Phi) is 5.44. The summed E-state index contributed by atoms with van der Waals surface area (Å²) >= 11 is 1.06. The van der Waals surface area contributed by atoms with Gasteiger partial charge in [0.15, 0.2) is 0 Å². The lowest BCUT2D eigenvalue weighted by Crippen LogP contribution is -2.15. The third kappa shape index (κ3) is 4.35. The lowest BCUT2D eigenvalue weighted by molar-refractivity contribution is 0.146. The van der Waals surface area contributed by atoms with Gasteiger partial charge in [-0.15, -0.1) is 0 Å². The van der Waals surface area contributed by atoms with Crippen molar-refractivity contribution in [2.24, 2.45) is 0 Å². The van der Waals surface area contributed by atoms with E-state index < -0.39 is 16.2 Å². The van der Waals surface area contributed by atoms with Crippen molar-refractivity contribution in [3.63, 3.8) is 0 Å². The number of aryl methyl sites for hydroxylation is 3. The number of benzene rings is 2. The van der Waals surface area contributed by atoms with Crippen molar-refractivity contribution in [2.75, 3.05) is 4.72 Å². The average Bonchev–Trinajstić information content (AvgIpc) is 2.98. The fourth-order valence-corrected chi connectivity index (χ4v) is 5.07. The second-order valence-corrected chi connectivity index (χ2v) is 9.09. The van der Waals surface area contributed by atoms with E-state index in [4.69, 9.17) is 9.84 Å². The van der Waals surface area contributed by atoms with Crippen molar-refractivity contribution in [1.82, 2.24) is 0 Å². The number of nitrogens with one attached hydrogen (secondary N) is 1. The van der Waals surface area contributed by atoms with Crippen LogP contribution in [-0.4, -0.2) is 19.7 Å². The van der Waals surface area contributed by atoms with Crippen molar-refractivity contribution in [3.05, 3.63) is 65.2 Å². The molecule has 0 aliphatic carbocycles. The summed E-state index contributed by atoms with van der Waals surface area (Å²) in [5, 5.41) is 8.98. The maximum atomic E-state index is 12.9. The summed E-state index contributed by atoms with van der Waals surface area (Å²) in [6, 6.07) is 14.3. The summed E-state index contributed by atoms with van der Waals surface area (Å²) < 4.78 is 33.1. The summed E-state index contributed by atoms with van der Waals surface area (Å²) in [4.78, 5) is 11.9. The molecule has 2 N–H and O–H groups in total. The topological polar surface area (TPSA) is 92.7 Å². The SMILES string of the molecule is Cc1ccc(-c2cc(NS(=O)(=O)c3cc(C)ccc3C)c(OC(=O)O)s2)cc1. The van der Waals surface area contributed by atoms with E-state index in [1.165, 1.54) is 0 Å². The number of hydrogen-bond acceptors (Lipinski definition) is 5. The van der Waals surface area contributed by atoms with Gasteiger partial charge in [0.25, 0.3) is 10.0 Å². The van der Waals surface area contributed by atoms with Crippen LogP contribution in [-0.2, 0) is 10.0 Å². The van der Waals surface area contributed by atoms with Gasteiger partial charge in [0.2, 0.25) is 5.06 Å². The van der Waals surface area contributed by atoms with E-state index in [2.05, 4.69) is 4.72 Å². The van der Waals surface area contributed by atoms with Crippen LogP contribution < -0.4 is 9.46 Å². The van der Waals surface area contributed by atoms with Crippen LogP contribution in [0.2, 0.25) is 0 Å². The molecule has 146 valence electrons. The molecule has 0 spiro atoms. The van der Waals surface area contributed by atoms with Gasteiger partial charge in [-0.05, 0) is 49.6 Å². The van der Waals surface area contributed by atoms with Crippen LogP contribution in [0, 0.1) is 20.8 Å². The molecule has 0 aliphatic rings. The molecular weight excluding hydrogens is 398 g/mol. The molecule has 0 bridgehead atoms. The normalized spacial score (nSPS) is 11.2. The van der Waals surface area contributed by atoms with Crippen molar-refractivity contribution >= 4 is 33.2 Å². The van der Waals surface area contributed by atoms with E-state index in [9.17, 15) is 13.2 Å². The zero-order chi connectivity index (χ0) is 20.5. The average molecular weight is 418 g/mol. The summed E-state index contributed by atoms with van der Waals surface area (Å²) in [5.74, 6) is 0. The smallest absolute Gasteiger partial charge is 0.449 e. The number of carboxylic acid groups (broad SMARTS) is 1. The minimum Gasteiger partial charge on any atom is -0.449 e. The Morgan fingerprint density at radius 1 is 1.00 bits per heavy atom. The zero-order valence-corrected chi connectivity index (χ0v) is 17.1. The second kappa shape index (κ2) is 7.65. The molecule has 0 aliphatic heterocycles. The van der Waals surface area contributed by atoms with E-state index >= 15 is 0 Å². The van der Waals surface area contributed by atoms with Crippen LogP contribution >= 0.6 is 11.3 Å². The Bertz CT molecular complexity index is 1130. The fraction of sp³-hybridized carbons (Fsp3) is 0.150. The van der Waals surface area contributed by atoms with Gasteiger partial charge in [0, 0.05) is 4.88 Å². The van der Waals surface area contributed by atoms with Gasteiger partial charge in [-0.3, -0.25) is 4.72 Å². The molecule has 1 aromatic heterocycles. The Labute approximate surface area is 167 Å². The molecule has 1 heterocycles. The number of anilines is 1. The quantitative estimate of drug-likeness (QED) is 0.557. The third-order valence-corrected chi connectivity index (χ3v) is 6.66. The van der Waals surface area contributed by atoms with Crippen molar-refractivity contribution < 1.29 is 23.1 Å². The van der Waals surface area contributed by atoms with E-state index in [1.807, 2.05) is 37.3 Å². The highest BCUT2D eigenvalue weighted by Crippen LogP contribution is 2.42. The van der Waals surface area contributed by atoms with E-state index in [0.29, 0.717) is 10.4 Å². The molecule has 3 aromatic rings. The monoisotopic (exact) mass is 417 g/mol. The first-order chi connectivity index (χ1) is 13.2. The molecule has 0 unspecified atom stereocenters. The molecule has 28 heavy (non-hydrogen) atoms. The first-order valence-electron chi connectivity index (χ1n) is 8.37. The maximum Gasteiger partial charge on any atom is 0.512 e. The van der Waals surface area contributed by atoms with Crippen LogP contribution in [0.25, 0.3) is 10.4 Å². The highest BCUT2D eigenvalue weighted by atomic mass is 32.2. The number of hydrogen-bond donors (Lipinski definition) is 2. The Morgan fingerprint density at radius 2 is 1.64 bits per heavy atom. The molecule has 0 radical (unpaired) electrons. The summed E-state index contributed by atoms with van der Waals surface area (Å²) in [6.07, 6.45) is -1.51. The van der Waals surface area contributed by atoms with Gasteiger partial charge in [0.05, 0.1) is 4.90 Å². The third-order valence-electron chi connectivity index (χ3n) is 4.09. The van der Waals surface area contributed by atoms with Gasteiger partial charge in [0.1, 0.15) is 5.69 Å². The molecule has 0 fully saturated rings. The van der Waals surface area contributed by atoms with Gasteiger partial charge in [-0.2, -0.15) is 0 Å². The highest BCUT2D eigenvalue weighted by Gasteiger charge is 2.22. The number of rotatable bonds is 5. The Balaban J connectivity index is 2.03. The summed E-state index contributed by atoms with van der Waals surface area (Å²) in [6.45, 7) is 5.46. The summed E-state index contributed by atoms with van der Waals surface area (Å²) in [5.41, 5.74) is 3.40. The lowest BCUT2D eigenvalue weighted by Gasteiger charge is -2.11. The van der Waals surface area contributed by atoms with E-state index in [1.54, 1.807) is 32.0 Å². The second-order valence-electron chi connectivity index (χ2n) is 6.42. The minimum absolute atomic E-state index is 0.0306. The zero-order valence-electron chi connectivity index (χ0n) is 15.5. The first-order valence-corrected chi connectivity index (χ1v) is 10.7. The number of carbonyl (C=O) groups is 1. The molecule has 8 heteroatoms. The van der Waals surface area contributed by atoms with Crippen molar-refractivity contribution in [1.29, 1.82) is 0 Å². The van der Waals surface area contributed by atoms with Gasteiger partial charge in [-0.1, -0.05) is 53.3 Å².